The van der Waals surface area contributed by atoms with E-state index in [9.17, 15) is 4.79 Å². The largest absolute Gasteiger partial charge is 0.333 e. The Balaban J connectivity index is 1.78. The molecule has 2 heterocycles. The van der Waals surface area contributed by atoms with Crippen LogP contribution in [0.25, 0.3) is 0 Å². The first-order valence-corrected chi connectivity index (χ1v) is 9.02. The summed E-state index contributed by atoms with van der Waals surface area (Å²) in [5.41, 5.74) is 0.705. The molecule has 21 heavy (non-hydrogen) atoms. The molecule has 114 valence electrons. The van der Waals surface area contributed by atoms with Gasteiger partial charge < -0.3 is 4.90 Å². The molecular formula is C16H20ClIN2O. The Bertz CT molecular complexity index is 551. The number of halogens is 2. The maximum Gasteiger partial charge on any atom is 0.254 e. The third-order valence-corrected chi connectivity index (χ3v) is 6.19. The van der Waals surface area contributed by atoms with E-state index in [1.165, 1.54) is 25.8 Å². The molecule has 3 nitrogen and oxygen atoms in total. The topological polar surface area (TPSA) is 23.6 Å². The first-order valence-electron chi connectivity index (χ1n) is 7.56. The van der Waals surface area contributed by atoms with Crippen LogP contribution in [0.4, 0.5) is 0 Å². The molecule has 2 unspecified atom stereocenters. The Kier molecular flexibility index (Phi) is 4.76. The summed E-state index contributed by atoms with van der Waals surface area (Å²) in [5, 5.41) is 0.658. The second-order valence-electron chi connectivity index (χ2n) is 6.08. The molecule has 2 atom stereocenters. The van der Waals surface area contributed by atoms with Crippen molar-refractivity contribution in [2.75, 3.05) is 19.6 Å². The van der Waals surface area contributed by atoms with Gasteiger partial charge in [-0.05, 0) is 67.1 Å². The van der Waals surface area contributed by atoms with Crippen LogP contribution >= 0.6 is 34.2 Å². The van der Waals surface area contributed by atoms with Crippen molar-refractivity contribution in [2.45, 2.75) is 38.3 Å². The molecule has 0 radical (unpaired) electrons. The third kappa shape index (κ3) is 3.22. The lowest BCUT2D eigenvalue weighted by atomic mass is 9.96. The number of piperidine rings is 1. The molecule has 0 aliphatic carbocycles. The lowest BCUT2D eigenvalue weighted by Gasteiger charge is -2.47. The van der Waals surface area contributed by atoms with E-state index in [1.54, 1.807) is 6.07 Å². The number of hydrogen-bond donors (Lipinski definition) is 0. The first-order chi connectivity index (χ1) is 10.1. The van der Waals surface area contributed by atoms with Crippen molar-refractivity contribution in [3.8, 4) is 0 Å². The van der Waals surface area contributed by atoms with Crippen LogP contribution in [-0.4, -0.2) is 47.4 Å². The summed E-state index contributed by atoms with van der Waals surface area (Å²) in [6, 6.07) is 6.40. The molecule has 1 aromatic rings. The molecular weight excluding hydrogens is 399 g/mol. The van der Waals surface area contributed by atoms with Crippen LogP contribution in [0.15, 0.2) is 18.2 Å². The van der Waals surface area contributed by atoms with Crippen molar-refractivity contribution in [3.63, 3.8) is 0 Å². The van der Waals surface area contributed by atoms with Crippen LogP contribution in [0.1, 0.15) is 36.5 Å². The second kappa shape index (κ2) is 6.42. The highest BCUT2D eigenvalue weighted by atomic mass is 127. The summed E-state index contributed by atoms with van der Waals surface area (Å²) >= 11 is 8.34. The molecule has 2 saturated heterocycles. The van der Waals surface area contributed by atoms with Crippen molar-refractivity contribution >= 4 is 40.1 Å². The average molecular weight is 419 g/mol. The molecule has 1 aromatic carbocycles. The number of fused-ring (bicyclic) bond motifs is 1. The van der Waals surface area contributed by atoms with Gasteiger partial charge in [-0.15, -0.1) is 0 Å². The van der Waals surface area contributed by atoms with E-state index in [0.717, 1.165) is 16.7 Å². The lowest BCUT2D eigenvalue weighted by molar-refractivity contribution is 0.0151. The van der Waals surface area contributed by atoms with Crippen molar-refractivity contribution < 1.29 is 4.79 Å². The minimum Gasteiger partial charge on any atom is -0.333 e. The molecule has 1 amide bonds. The maximum atomic E-state index is 12.8. The lowest BCUT2D eigenvalue weighted by Crippen LogP contribution is -2.60. The molecule has 2 aliphatic heterocycles. The molecule has 0 spiro atoms. The van der Waals surface area contributed by atoms with Crippen LogP contribution < -0.4 is 0 Å². The highest BCUT2D eigenvalue weighted by Gasteiger charge is 2.35. The van der Waals surface area contributed by atoms with Crippen LogP contribution in [0.5, 0.6) is 0 Å². The van der Waals surface area contributed by atoms with Gasteiger partial charge in [0, 0.05) is 34.3 Å². The predicted molar refractivity (Wildman–Crippen MR) is 93.9 cm³/mol. The van der Waals surface area contributed by atoms with Crippen molar-refractivity contribution in [2.24, 2.45) is 0 Å². The summed E-state index contributed by atoms with van der Waals surface area (Å²) in [7, 11) is 0. The monoisotopic (exact) mass is 418 g/mol. The predicted octanol–water partition coefficient (Wildman–Crippen LogP) is 3.64. The third-order valence-electron chi connectivity index (χ3n) is 4.61. The number of piperazine rings is 1. The number of carbonyl (C=O) groups excluding carboxylic acids is 1. The minimum absolute atomic E-state index is 0.117. The highest BCUT2D eigenvalue weighted by Crippen LogP contribution is 2.26. The molecule has 0 saturated carbocycles. The zero-order valence-corrected chi connectivity index (χ0v) is 15.1. The van der Waals surface area contributed by atoms with Crippen molar-refractivity contribution in [1.82, 2.24) is 9.80 Å². The number of benzene rings is 1. The van der Waals surface area contributed by atoms with Gasteiger partial charge in [0.25, 0.3) is 5.91 Å². The number of rotatable bonds is 1. The second-order valence-corrected chi connectivity index (χ2v) is 7.65. The number of hydrogen-bond acceptors (Lipinski definition) is 2. The Hall–Kier alpha value is -0.330. The summed E-state index contributed by atoms with van der Waals surface area (Å²) in [6.45, 7) is 5.18. The Morgan fingerprint density at radius 2 is 2.14 bits per heavy atom. The van der Waals surface area contributed by atoms with Gasteiger partial charge in [0.2, 0.25) is 0 Å². The van der Waals surface area contributed by atoms with Gasteiger partial charge in [-0.25, -0.2) is 0 Å². The summed E-state index contributed by atoms with van der Waals surface area (Å²) in [5.74, 6) is 0.117. The van der Waals surface area contributed by atoms with E-state index in [1.807, 2.05) is 17.0 Å². The van der Waals surface area contributed by atoms with Gasteiger partial charge in [-0.2, -0.15) is 0 Å². The molecule has 0 N–H and O–H groups in total. The fourth-order valence-corrected chi connectivity index (χ4v) is 3.95. The smallest absolute Gasteiger partial charge is 0.254 e. The quantitative estimate of drug-likeness (QED) is 0.650. The van der Waals surface area contributed by atoms with E-state index >= 15 is 0 Å². The van der Waals surface area contributed by atoms with Gasteiger partial charge >= 0.3 is 0 Å². The van der Waals surface area contributed by atoms with Crippen molar-refractivity contribution in [1.29, 1.82) is 0 Å². The number of nitrogens with zero attached hydrogens (tertiary/aromatic N) is 2. The number of amides is 1. The standard InChI is InChI=1S/C16H20ClIN2O/c1-11-9-19-7-3-2-4-13(19)10-20(11)16(21)12-5-6-15(18)14(17)8-12/h5-6,8,11,13H,2-4,7,9-10H2,1H3. The van der Waals surface area contributed by atoms with Crippen molar-refractivity contribution in [3.05, 3.63) is 32.4 Å². The Morgan fingerprint density at radius 1 is 1.33 bits per heavy atom. The Morgan fingerprint density at radius 3 is 2.90 bits per heavy atom. The van der Waals surface area contributed by atoms with E-state index in [0.29, 0.717) is 16.6 Å². The minimum atomic E-state index is 0.117. The average Bonchev–Trinajstić information content (AvgIpc) is 2.48. The highest BCUT2D eigenvalue weighted by molar-refractivity contribution is 14.1. The fraction of sp³-hybridized carbons (Fsp3) is 0.562. The van der Waals surface area contributed by atoms with Crippen LogP contribution in [0.2, 0.25) is 5.02 Å². The van der Waals surface area contributed by atoms with Gasteiger partial charge in [0.1, 0.15) is 0 Å². The van der Waals surface area contributed by atoms with Crippen LogP contribution in [0, 0.1) is 3.57 Å². The van der Waals surface area contributed by atoms with E-state index in [-0.39, 0.29) is 11.9 Å². The fourth-order valence-electron chi connectivity index (χ4n) is 3.43. The maximum absolute atomic E-state index is 12.8. The van der Waals surface area contributed by atoms with E-state index in [2.05, 4.69) is 34.4 Å². The molecule has 0 bridgehead atoms. The van der Waals surface area contributed by atoms with Crippen LogP contribution in [-0.2, 0) is 0 Å². The van der Waals surface area contributed by atoms with Gasteiger partial charge in [-0.3, -0.25) is 9.69 Å². The summed E-state index contributed by atoms with van der Waals surface area (Å²) in [6.07, 6.45) is 3.79. The van der Waals surface area contributed by atoms with E-state index < -0.39 is 0 Å². The van der Waals surface area contributed by atoms with Gasteiger partial charge in [-0.1, -0.05) is 18.0 Å². The molecule has 3 rings (SSSR count). The van der Waals surface area contributed by atoms with Gasteiger partial charge in [0.05, 0.1) is 5.02 Å². The normalized spacial score (nSPS) is 26.5. The molecule has 2 aliphatic rings. The molecule has 5 heteroatoms. The zero-order valence-electron chi connectivity index (χ0n) is 12.2. The molecule has 0 aromatic heterocycles. The SMILES string of the molecule is CC1CN2CCCCC2CN1C(=O)c1ccc(I)c(Cl)c1. The summed E-state index contributed by atoms with van der Waals surface area (Å²) in [4.78, 5) is 17.4. The number of carbonyl (C=O) groups is 1. The molecule has 2 fully saturated rings. The zero-order chi connectivity index (χ0) is 15.0. The van der Waals surface area contributed by atoms with E-state index in [4.69, 9.17) is 11.6 Å². The first kappa shape index (κ1) is 15.6. The Labute approximate surface area is 144 Å². The van der Waals surface area contributed by atoms with Gasteiger partial charge in [0.15, 0.2) is 0 Å². The summed E-state index contributed by atoms with van der Waals surface area (Å²) < 4.78 is 0.982. The van der Waals surface area contributed by atoms with Crippen LogP contribution in [0.3, 0.4) is 0 Å².